The lowest BCUT2D eigenvalue weighted by atomic mass is 10.3. The Balaban J connectivity index is 1.95. The van der Waals surface area contributed by atoms with Crippen molar-refractivity contribution >= 4 is 23.8 Å². The average Bonchev–Trinajstić information content (AvgIpc) is 3.08. The van der Waals surface area contributed by atoms with Crippen molar-refractivity contribution in [3.63, 3.8) is 0 Å². The van der Waals surface area contributed by atoms with Gasteiger partial charge in [0.25, 0.3) is 11.5 Å². The van der Waals surface area contributed by atoms with Gasteiger partial charge in [-0.2, -0.15) is 5.10 Å². The first-order valence-corrected chi connectivity index (χ1v) is 8.15. The van der Waals surface area contributed by atoms with Gasteiger partial charge in [-0.3, -0.25) is 14.2 Å². The Hall–Kier alpha value is -3.43. The topological polar surface area (TPSA) is 117 Å². The molecular formula is C17H21N5O5. The van der Waals surface area contributed by atoms with Crippen LogP contribution in [0, 0.1) is 0 Å². The summed E-state index contributed by atoms with van der Waals surface area (Å²) in [5.74, 6) is -0.814. The minimum absolute atomic E-state index is 0.0604. The lowest BCUT2D eigenvalue weighted by Gasteiger charge is -2.11. The Labute approximate surface area is 154 Å². The van der Waals surface area contributed by atoms with Crippen LogP contribution in [0.5, 0.6) is 0 Å². The third kappa shape index (κ3) is 4.81. The molecule has 0 fully saturated rings. The minimum Gasteiger partial charge on any atom is -0.452 e. The van der Waals surface area contributed by atoms with Gasteiger partial charge in [0, 0.05) is 38.5 Å². The molecule has 2 aromatic heterocycles. The van der Waals surface area contributed by atoms with E-state index in [9.17, 15) is 19.2 Å². The van der Waals surface area contributed by atoms with Crippen molar-refractivity contribution < 1.29 is 14.3 Å². The molecule has 0 atom stereocenters. The highest BCUT2D eigenvalue weighted by atomic mass is 16.5. The molecule has 0 saturated heterocycles. The predicted octanol–water partition coefficient (Wildman–Crippen LogP) is 0.0565. The second kappa shape index (κ2) is 8.30. The van der Waals surface area contributed by atoms with Crippen molar-refractivity contribution in [2.24, 2.45) is 14.1 Å². The van der Waals surface area contributed by atoms with E-state index in [1.54, 1.807) is 16.9 Å². The van der Waals surface area contributed by atoms with E-state index >= 15 is 0 Å². The van der Waals surface area contributed by atoms with Crippen LogP contribution in [-0.2, 0) is 28.4 Å². The molecule has 0 saturated carbocycles. The van der Waals surface area contributed by atoms with Gasteiger partial charge in [0.15, 0.2) is 6.61 Å². The number of carbonyl (C=O) groups is 2. The lowest BCUT2D eigenvalue weighted by molar-refractivity contribution is -0.142. The molecule has 144 valence electrons. The fourth-order valence-corrected chi connectivity index (χ4v) is 2.30. The maximum absolute atomic E-state index is 12.0. The zero-order chi connectivity index (χ0) is 20.1. The van der Waals surface area contributed by atoms with Crippen molar-refractivity contribution in [3.8, 4) is 0 Å². The van der Waals surface area contributed by atoms with Crippen LogP contribution in [-0.4, -0.2) is 37.4 Å². The summed E-state index contributed by atoms with van der Waals surface area (Å²) in [5, 5.41) is 6.68. The van der Waals surface area contributed by atoms with E-state index in [2.05, 4.69) is 10.4 Å². The van der Waals surface area contributed by atoms with Crippen LogP contribution in [0.25, 0.3) is 6.08 Å². The molecule has 27 heavy (non-hydrogen) atoms. The van der Waals surface area contributed by atoms with Gasteiger partial charge in [-0.05, 0) is 19.9 Å². The summed E-state index contributed by atoms with van der Waals surface area (Å²) in [6.45, 7) is 3.34. The van der Waals surface area contributed by atoms with Gasteiger partial charge in [0.05, 0.1) is 11.8 Å². The predicted molar refractivity (Wildman–Crippen MR) is 98.2 cm³/mol. The van der Waals surface area contributed by atoms with E-state index in [0.717, 1.165) is 10.6 Å². The molecule has 1 N–H and O–H groups in total. The van der Waals surface area contributed by atoms with Crippen LogP contribution >= 0.6 is 0 Å². The molecule has 2 rings (SSSR count). The van der Waals surface area contributed by atoms with Crippen molar-refractivity contribution in [2.75, 3.05) is 11.9 Å². The van der Waals surface area contributed by atoms with Gasteiger partial charge in [-0.15, -0.1) is 0 Å². The van der Waals surface area contributed by atoms with E-state index in [1.807, 2.05) is 13.8 Å². The molecule has 0 aliphatic rings. The molecule has 0 unspecified atom stereocenters. The summed E-state index contributed by atoms with van der Waals surface area (Å²) in [4.78, 5) is 47.2. The number of anilines is 1. The van der Waals surface area contributed by atoms with E-state index in [1.165, 1.54) is 30.9 Å². The highest BCUT2D eigenvalue weighted by molar-refractivity contribution is 5.94. The first-order valence-electron chi connectivity index (χ1n) is 8.15. The first kappa shape index (κ1) is 19.9. The monoisotopic (exact) mass is 375 g/mol. The van der Waals surface area contributed by atoms with E-state index in [-0.39, 0.29) is 11.6 Å². The van der Waals surface area contributed by atoms with Crippen LogP contribution in [0.3, 0.4) is 0 Å². The standard InChI is InChI=1S/C17H21N5O5/c1-11(2)22-13(7-8-18-22)19-14(23)10-27-15(24)6-5-12-9-20(3)17(26)21(4)16(12)25/h5-9,11H,10H2,1-4H3,(H,19,23)/b6-5+. The van der Waals surface area contributed by atoms with Crippen molar-refractivity contribution in [3.05, 3.63) is 50.9 Å². The molecule has 0 aliphatic carbocycles. The second-order valence-corrected chi connectivity index (χ2v) is 6.09. The summed E-state index contributed by atoms with van der Waals surface area (Å²) in [5.41, 5.74) is -0.874. The van der Waals surface area contributed by atoms with Crippen molar-refractivity contribution in [2.45, 2.75) is 19.9 Å². The number of nitrogens with zero attached hydrogens (tertiary/aromatic N) is 4. The number of amides is 1. The van der Waals surface area contributed by atoms with Crippen molar-refractivity contribution in [1.82, 2.24) is 18.9 Å². The molecule has 10 heteroatoms. The van der Waals surface area contributed by atoms with Crippen molar-refractivity contribution in [1.29, 1.82) is 0 Å². The Morgan fingerprint density at radius 1 is 1.30 bits per heavy atom. The number of nitrogens with one attached hydrogen (secondary N) is 1. The fourth-order valence-electron chi connectivity index (χ4n) is 2.30. The number of rotatable bonds is 6. The zero-order valence-electron chi connectivity index (χ0n) is 15.5. The SMILES string of the molecule is CC(C)n1nccc1NC(=O)COC(=O)/C=C/c1cn(C)c(=O)n(C)c1=O. The summed E-state index contributed by atoms with van der Waals surface area (Å²) < 4.78 is 8.62. The summed E-state index contributed by atoms with van der Waals surface area (Å²) >= 11 is 0. The lowest BCUT2D eigenvalue weighted by Crippen LogP contribution is -2.37. The second-order valence-electron chi connectivity index (χ2n) is 6.09. The van der Waals surface area contributed by atoms with E-state index in [0.29, 0.717) is 5.82 Å². The number of ether oxygens (including phenoxy) is 1. The Kier molecular flexibility index (Phi) is 6.11. The number of hydrogen-bond acceptors (Lipinski definition) is 6. The Morgan fingerprint density at radius 2 is 2.00 bits per heavy atom. The number of aromatic nitrogens is 4. The molecule has 0 aliphatic heterocycles. The Bertz CT molecular complexity index is 996. The normalized spacial score (nSPS) is 11.1. The molecule has 0 spiro atoms. The van der Waals surface area contributed by atoms with Gasteiger partial charge >= 0.3 is 11.7 Å². The van der Waals surface area contributed by atoms with Gasteiger partial charge in [0.1, 0.15) is 5.82 Å². The summed E-state index contributed by atoms with van der Waals surface area (Å²) in [7, 11) is 2.83. The van der Waals surface area contributed by atoms with Gasteiger partial charge in [-0.1, -0.05) is 0 Å². The van der Waals surface area contributed by atoms with Gasteiger partial charge < -0.3 is 14.6 Å². The van der Waals surface area contributed by atoms with Gasteiger partial charge in [-0.25, -0.2) is 14.3 Å². The van der Waals surface area contributed by atoms with Crippen LogP contribution in [0.4, 0.5) is 5.82 Å². The fraction of sp³-hybridized carbons (Fsp3) is 0.353. The number of carbonyl (C=O) groups excluding carboxylic acids is 2. The maximum Gasteiger partial charge on any atom is 0.331 e. The number of aryl methyl sites for hydroxylation is 1. The van der Waals surface area contributed by atoms with Crippen LogP contribution in [0.1, 0.15) is 25.5 Å². The first-order chi connectivity index (χ1) is 12.7. The van der Waals surface area contributed by atoms with Gasteiger partial charge in [0.2, 0.25) is 0 Å². The molecule has 0 bridgehead atoms. The minimum atomic E-state index is -0.793. The molecule has 2 aromatic rings. The molecule has 0 radical (unpaired) electrons. The highest BCUT2D eigenvalue weighted by Gasteiger charge is 2.11. The highest BCUT2D eigenvalue weighted by Crippen LogP contribution is 2.12. The number of esters is 1. The third-order valence-corrected chi connectivity index (χ3v) is 3.64. The summed E-state index contributed by atoms with van der Waals surface area (Å²) in [6.07, 6.45) is 5.12. The van der Waals surface area contributed by atoms with E-state index in [4.69, 9.17) is 4.74 Å². The quantitative estimate of drug-likeness (QED) is 0.563. The van der Waals surface area contributed by atoms with E-state index < -0.39 is 29.7 Å². The zero-order valence-corrected chi connectivity index (χ0v) is 15.5. The maximum atomic E-state index is 12.0. The Morgan fingerprint density at radius 3 is 2.67 bits per heavy atom. The van der Waals surface area contributed by atoms with Crippen LogP contribution < -0.4 is 16.6 Å². The molecule has 10 nitrogen and oxygen atoms in total. The van der Waals surface area contributed by atoms with Crippen LogP contribution in [0.15, 0.2) is 34.1 Å². The number of hydrogen-bond donors (Lipinski definition) is 1. The molecular weight excluding hydrogens is 354 g/mol. The average molecular weight is 375 g/mol. The molecule has 2 heterocycles. The molecule has 1 amide bonds. The smallest absolute Gasteiger partial charge is 0.331 e. The molecule has 0 aromatic carbocycles. The third-order valence-electron chi connectivity index (χ3n) is 3.64. The van der Waals surface area contributed by atoms with Crippen LogP contribution in [0.2, 0.25) is 0 Å². The largest absolute Gasteiger partial charge is 0.452 e. The summed E-state index contributed by atoms with van der Waals surface area (Å²) in [6, 6.07) is 1.69.